The molecular weight excluding hydrogens is 296 g/mol. The molecule has 0 saturated carbocycles. The van der Waals surface area contributed by atoms with Crippen LogP contribution in [0, 0.1) is 10.1 Å². The standard InChI is InChI=1S/C16H32N2O3Si/c1-6-10-11-12-13-15(5)16(18(19)20)14-17-21-22(7-2,8-3)9-4/h14H,6-13H2,1-5H3/b16-15-,17-14+. The lowest BCUT2D eigenvalue weighted by Gasteiger charge is -2.23. The number of nitro groups is 1. The molecule has 0 aliphatic rings. The molecule has 0 unspecified atom stereocenters. The van der Waals surface area contributed by atoms with E-state index in [-0.39, 0.29) is 10.6 Å². The number of allylic oxidation sites excluding steroid dienone is 2. The lowest BCUT2D eigenvalue weighted by molar-refractivity contribution is -0.415. The lowest BCUT2D eigenvalue weighted by atomic mass is 10.1. The average Bonchev–Trinajstić information content (AvgIpc) is 2.52. The molecule has 0 saturated heterocycles. The third kappa shape index (κ3) is 7.20. The highest BCUT2D eigenvalue weighted by Gasteiger charge is 2.31. The van der Waals surface area contributed by atoms with Crippen molar-refractivity contribution in [3.8, 4) is 0 Å². The monoisotopic (exact) mass is 328 g/mol. The van der Waals surface area contributed by atoms with E-state index in [1.165, 1.54) is 12.6 Å². The van der Waals surface area contributed by atoms with Gasteiger partial charge in [0.25, 0.3) is 14.0 Å². The van der Waals surface area contributed by atoms with Crippen LogP contribution in [0.4, 0.5) is 0 Å². The summed E-state index contributed by atoms with van der Waals surface area (Å²) in [5.74, 6) is 0. The Kier molecular flexibility index (Phi) is 10.8. The molecule has 0 radical (unpaired) electrons. The second-order valence-electron chi connectivity index (χ2n) is 5.80. The lowest BCUT2D eigenvalue weighted by Crippen LogP contribution is -2.33. The van der Waals surface area contributed by atoms with E-state index in [0.717, 1.165) is 49.4 Å². The Morgan fingerprint density at radius 3 is 2.18 bits per heavy atom. The van der Waals surface area contributed by atoms with Crippen LogP contribution in [0.1, 0.15) is 66.7 Å². The fourth-order valence-electron chi connectivity index (χ4n) is 2.39. The van der Waals surface area contributed by atoms with Gasteiger partial charge >= 0.3 is 0 Å². The van der Waals surface area contributed by atoms with Gasteiger partial charge in [-0.05, 0) is 37.9 Å². The van der Waals surface area contributed by atoms with Crippen molar-refractivity contribution in [3.63, 3.8) is 0 Å². The Hall–Kier alpha value is -1.17. The maximum absolute atomic E-state index is 11.2. The van der Waals surface area contributed by atoms with E-state index in [2.05, 4.69) is 32.9 Å². The van der Waals surface area contributed by atoms with Crippen LogP contribution in [0.3, 0.4) is 0 Å². The predicted molar refractivity (Wildman–Crippen MR) is 95.2 cm³/mol. The van der Waals surface area contributed by atoms with Crippen LogP contribution in [-0.4, -0.2) is 19.5 Å². The molecule has 0 fully saturated rings. The molecule has 0 bridgehead atoms. The van der Waals surface area contributed by atoms with E-state index < -0.39 is 8.32 Å². The Bertz CT molecular complexity index is 383. The first-order valence-corrected chi connectivity index (χ1v) is 11.0. The van der Waals surface area contributed by atoms with Gasteiger partial charge in [0.05, 0.1) is 4.92 Å². The second-order valence-corrected chi connectivity index (χ2v) is 10.5. The summed E-state index contributed by atoms with van der Waals surface area (Å²) in [7, 11) is -1.83. The highest BCUT2D eigenvalue weighted by atomic mass is 28.4. The normalized spacial score (nSPS) is 13.3. The summed E-state index contributed by atoms with van der Waals surface area (Å²) in [6, 6.07) is 2.93. The molecule has 0 aliphatic carbocycles. The van der Waals surface area contributed by atoms with Crippen LogP contribution in [0.2, 0.25) is 18.1 Å². The van der Waals surface area contributed by atoms with Crippen molar-refractivity contribution in [2.45, 2.75) is 84.9 Å². The van der Waals surface area contributed by atoms with Crippen LogP contribution in [-0.2, 0) is 4.53 Å². The molecule has 22 heavy (non-hydrogen) atoms. The van der Waals surface area contributed by atoms with Gasteiger partial charge < -0.3 is 4.53 Å². The van der Waals surface area contributed by atoms with Crippen LogP contribution >= 0.6 is 0 Å². The van der Waals surface area contributed by atoms with Crippen LogP contribution in [0.25, 0.3) is 0 Å². The first-order chi connectivity index (χ1) is 10.5. The number of nitrogens with zero attached hydrogens (tertiary/aromatic N) is 2. The summed E-state index contributed by atoms with van der Waals surface area (Å²) in [6.45, 7) is 10.3. The zero-order valence-electron chi connectivity index (χ0n) is 14.9. The Labute approximate surface area is 136 Å². The topological polar surface area (TPSA) is 64.7 Å². The van der Waals surface area contributed by atoms with Crippen LogP contribution in [0.15, 0.2) is 16.4 Å². The predicted octanol–water partition coefficient (Wildman–Crippen LogP) is 5.52. The molecule has 0 aromatic carbocycles. The first kappa shape index (κ1) is 20.8. The number of rotatable bonds is 12. The minimum atomic E-state index is -1.83. The molecular formula is C16H32N2O3Si. The van der Waals surface area contributed by atoms with Crippen molar-refractivity contribution in [1.82, 2.24) is 0 Å². The van der Waals surface area contributed by atoms with Crippen molar-refractivity contribution >= 4 is 14.5 Å². The molecule has 128 valence electrons. The van der Waals surface area contributed by atoms with Gasteiger partial charge in [0.2, 0.25) is 0 Å². The van der Waals surface area contributed by atoms with Gasteiger partial charge in [-0.25, -0.2) is 0 Å². The second kappa shape index (κ2) is 11.4. The minimum Gasteiger partial charge on any atom is -0.455 e. The van der Waals surface area contributed by atoms with Gasteiger partial charge in [-0.2, -0.15) is 0 Å². The quantitative estimate of drug-likeness (QED) is 0.156. The van der Waals surface area contributed by atoms with Gasteiger partial charge in [0.15, 0.2) is 0 Å². The molecule has 6 heteroatoms. The molecule has 0 aliphatic heterocycles. The Morgan fingerprint density at radius 2 is 1.73 bits per heavy atom. The third-order valence-corrected chi connectivity index (χ3v) is 8.75. The summed E-state index contributed by atoms with van der Waals surface area (Å²) in [4.78, 5) is 10.9. The molecule has 0 aromatic rings. The summed E-state index contributed by atoms with van der Waals surface area (Å²) < 4.78 is 5.72. The van der Waals surface area contributed by atoms with E-state index in [1.54, 1.807) is 0 Å². The molecule has 0 atom stereocenters. The summed E-state index contributed by atoms with van der Waals surface area (Å²) in [5.41, 5.74) is 0.868. The van der Waals surface area contributed by atoms with E-state index in [1.807, 2.05) is 6.92 Å². The van der Waals surface area contributed by atoms with Crippen molar-refractivity contribution in [3.05, 3.63) is 21.4 Å². The largest absolute Gasteiger partial charge is 0.455 e. The third-order valence-electron chi connectivity index (χ3n) is 4.39. The molecule has 0 spiro atoms. The molecule has 0 aromatic heterocycles. The molecule has 0 N–H and O–H groups in total. The minimum absolute atomic E-state index is 0.0858. The fourth-order valence-corrected chi connectivity index (χ4v) is 4.55. The number of hydrogen-bond donors (Lipinski definition) is 0. The van der Waals surface area contributed by atoms with E-state index in [9.17, 15) is 10.1 Å². The number of hydrogen-bond acceptors (Lipinski definition) is 4. The van der Waals surface area contributed by atoms with Crippen molar-refractivity contribution in [1.29, 1.82) is 0 Å². The highest BCUT2D eigenvalue weighted by molar-refractivity contribution is 6.73. The van der Waals surface area contributed by atoms with Gasteiger partial charge in [0.1, 0.15) is 6.21 Å². The van der Waals surface area contributed by atoms with Crippen molar-refractivity contribution < 1.29 is 9.45 Å². The van der Waals surface area contributed by atoms with Crippen LogP contribution < -0.4 is 0 Å². The molecule has 0 rings (SSSR count). The molecule has 5 nitrogen and oxygen atoms in total. The smallest absolute Gasteiger partial charge is 0.289 e. The average molecular weight is 329 g/mol. The SMILES string of the molecule is CCCCCC/C(C)=C(/C=N/O[Si](CC)(CC)CC)[N+](=O)[O-]. The van der Waals surface area contributed by atoms with Gasteiger partial charge in [-0.15, -0.1) is 5.16 Å². The maximum Gasteiger partial charge on any atom is 0.289 e. The molecule has 0 heterocycles. The van der Waals surface area contributed by atoms with E-state index in [0.29, 0.717) is 0 Å². The number of oxime groups is 1. The van der Waals surface area contributed by atoms with Gasteiger partial charge in [-0.1, -0.05) is 47.0 Å². The van der Waals surface area contributed by atoms with Crippen molar-refractivity contribution in [2.75, 3.05) is 0 Å². The number of unbranched alkanes of at least 4 members (excludes halogenated alkanes) is 3. The summed E-state index contributed by atoms with van der Waals surface area (Å²) in [5, 5.41) is 15.2. The van der Waals surface area contributed by atoms with E-state index >= 15 is 0 Å². The fraction of sp³-hybridized carbons (Fsp3) is 0.812. The van der Waals surface area contributed by atoms with E-state index in [4.69, 9.17) is 4.53 Å². The highest BCUT2D eigenvalue weighted by Crippen LogP contribution is 2.22. The Morgan fingerprint density at radius 1 is 1.14 bits per heavy atom. The van der Waals surface area contributed by atoms with Crippen molar-refractivity contribution in [2.24, 2.45) is 5.16 Å². The zero-order valence-corrected chi connectivity index (χ0v) is 15.9. The Balaban J connectivity index is 4.82. The molecule has 0 amide bonds. The van der Waals surface area contributed by atoms with Gasteiger partial charge in [0, 0.05) is 5.57 Å². The maximum atomic E-state index is 11.2. The summed E-state index contributed by atoms with van der Waals surface area (Å²) >= 11 is 0. The zero-order chi connectivity index (χ0) is 17.0. The summed E-state index contributed by atoms with van der Waals surface area (Å²) in [6.07, 6.45) is 6.50. The van der Waals surface area contributed by atoms with Crippen LogP contribution in [0.5, 0.6) is 0 Å². The van der Waals surface area contributed by atoms with Gasteiger partial charge in [-0.3, -0.25) is 10.1 Å². The first-order valence-electron chi connectivity index (χ1n) is 8.51.